The number of aldehydes is 1. The molecule has 3 aromatic rings. The summed E-state index contributed by atoms with van der Waals surface area (Å²) < 4.78 is 5.72. The van der Waals surface area contributed by atoms with Crippen LogP contribution in [0.15, 0.2) is 40.4 Å². The molecule has 1 N–H and O–H groups in total. The average molecular weight is 578 g/mol. The Balaban J connectivity index is 1.24. The van der Waals surface area contributed by atoms with Crippen molar-refractivity contribution in [1.82, 2.24) is 20.4 Å². The van der Waals surface area contributed by atoms with Crippen molar-refractivity contribution in [2.75, 3.05) is 24.5 Å². The van der Waals surface area contributed by atoms with Gasteiger partial charge in [-0.15, -0.1) is 11.3 Å². The molecule has 0 saturated carbocycles. The van der Waals surface area contributed by atoms with Gasteiger partial charge in [0.25, 0.3) is 0 Å². The molecule has 2 amide bonds. The maximum Gasteiger partial charge on any atom is 0.243 e. The number of piperidine rings is 1. The third-order valence-corrected chi connectivity index (χ3v) is 9.40. The Labute approximate surface area is 245 Å². The van der Waals surface area contributed by atoms with Crippen molar-refractivity contribution in [2.24, 2.45) is 11.8 Å². The van der Waals surface area contributed by atoms with E-state index in [0.29, 0.717) is 24.5 Å². The second kappa shape index (κ2) is 12.5. The molecule has 2 saturated heterocycles. The summed E-state index contributed by atoms with van der Waals surface area (Å²) in [5, 5.41) is 7.41. The van der Waals surface area contributed by atoms with Gasteiger partial charge < -0.3 is 24.4 Å². The molecule has 2 aliphatic heterocycles. The lowest BCUT2D eigenvalue weighted by Crippen LogP contribution is -2.48. The summed E-state index contributed by atoms with van der Waals surface area (Å²) in [6, 6.07) is 9.34. The lowest BCUT2D eigenvalue weighted by molar-refractivity contribution is -0.141. The standard InChI is InChI=1S/C31H39N5O4S/c1-19(2)28(26-16-27(34-40-26)35-14-11-22(17-37)12-15-35)31(39)36-13-5-6-25(36)30(38)33-20(3)23-7-9-24(10-8-23)29-21(4)32-18-41-29/h7-10,16-20,22,25,28H,5-6,11-15H2,1-4H3,(H,33,38)/t20-,25-,28?/m0/s1. The SMILES string of the molecule is Cc1ncsc1-c1ccc([C@H](C)NC(=O)[C@@H]2CCCN2C(=O)C(c2cc(N3CCC(C=O)CC3)no2)C(C)C)cc1. The number of thiazole rings is 1. The van der Waals surface area contributed by atoms with Crippen LogP contribution in [0.3, 0.4) is 0 Å². The number of hydrogen-bond acceptors (Lipinski definition) is 8. The van der Waals surface area contributed by atoms with Crippen LogP contribution in [0.4, 0.5) is 5.82 Å². The van der Waals surface area contributed by atoms with Gasteiger partial charge in [0.1, 0.15) is 18.2 Å². The lowest BCUT2D eigenvalue weighted by Gasteiger charge is -2.30. The highest BCUT2D eigenvalue weighted by atomic mass is 32.1. The number of carbonyl (C=O) groups excluding carboxylic acids is 3. The van der Waals surface area contributed by atoms with Gasteiger partial charge in [0, 0.05) is 31.6 Å². The first kappa shape index (κ1) is 29.0. The minimum atomic E-state index is -0.530. The number of aryl methyl sites for hydroxylation is 1. The van der Waals surface area contributed by atoms with Gasteiger partial charge in [0.05, 0.1) is 22.1 Å². The fourth-order valence-electron chi connectivity index (χ4n) is 5.95. The summed E-state index contributed by atoms with van der Waals surface area (Å²) in [5.74, 6) is 0.514. The van der Waals surface area contributed by atoms with E-state index in [0.717, 1.165) is 60.3 Å². The summed E-state index contributed by atoms with van der Waals surface area (Å²) in [5.41, 5.74) is 4.98. The molecule has 1 unspecified atom stereocenters. The van der Waals surface area contributed by atoms with Crippen molar-refractivity contribution in [3.63, 3.8) is 0 Å². The molecule has 2 aliphatic rings. The molecular formula is C31H39N5O4S. The van der Waals surface area contributed by atoms with E-state index < -0.39 is 12.0 Å². The van der Waals surface area contributed by atoms with Gasteiger partial charge in [-0.3, -0.25) is 9.59 Å². The van der Waals surface area contributed by atoms with Crippen molar-refractivity contribution in [3.8, 4) is 10.4 Å². The van der Waals surface area contributed by atoms with Crippen LogP contribution >= 0.6 is 11.3 Å². The first-order chi connectivity index (χ1) is 19.8. The molecule has 4 heterocycles. The van der Waals surface area contributed by atoms with Crippen LogP contribution in [-0.4, -0.2) is 58.8 Å². The van der Waals surface area contributed by atoms with Crippen molar-refractivity contribution in [2.45, 2.75) is 71.4 Å². The Morgan fingerprint density at radius 3 is 2.46 bits per heavy atom. The van der Waals surface area contributed by atoms with Crippen molar-refractivity contribution < 1.29 is 18.9 Å². The number of nitrogens with zero attached hydrogens (tertiary/aromatic N) is 4. The minimum Gasteiger partial charge on any atom is -0.358 e. The van der Waals surface area contributed by atoms with E-state index in [1.807, 2.05) is 51.4 Å². The van der Waals surface area contributed by atoms with Crippen LogP contribution in [0, 0.1) is 18.8 Å². The molecule has 218 valence electrons. The second-order valence-corrected chi connectivity index (χ2v) is 12.4. The molecule has 10 heteroatoms. The third kappa shape index (κ3) is 6.22. The predicted octanol–water partition coefficient (Wildman–Crippen LogP) is 5.13. The number of aromatic nitrogens is 2. The molecule has 9 nitrogen and oxygen atoms in total. The molecule has 0 bridgehead atoms. The molecule has 41 heavy (non-hydrogen) atoms. The summed E-state index contributed by atoms with van der Waals surface area (Å²) in [6.07, 6.45) is 4.02. The van der Waals surface area contributed by atoms with E-state index in [4.69, 9.17) is 4.52 Å². The highest BCUT2D eigenvalue weighted by Gasteiger charge is 2.40. The highest BCUT2D eigenvalue weighted by Crippen LogP contribution is 2.34. The number of carbonyl (C=O) groups is 3. The number of rotatable bonds is 9. The number of amides is 2. The van der Waals surface area contributed by atoms with Crippen LogP contribution < -0.4 is 10.2 Å². The first-order valence-corrected chi connectivity index (χ1v) is 15.4. The van der Waals surface area contributed by atoms with Crippen LogP contribution in [0.25, 0.3) is 10.4 Å². The summed E-state index contributed by atoms with van der Waals surface area (Å²) in [7, 11) is 0. The van der Waals surface area contributed by atoms with Gasteiger partial charge in [0.2, 0.25) is 11.8 Å². The minimum absolute atomic E-state index is 0.0342. The molecule has 5 rings (SSSR count). The van der Waals surface area contributed by atoms with Gasteiger partial charge >= 0.3 is 0 Å². The summed E-state index contributed by atoms with van der Waals surface area (Å²) in [4.78, 5) is 47.8. The maximum atomic E-state index is 13.9. The topological polar surface area (TPSA) is 109 Å². The molecule has 0 spiro atoms. The maximum absolute atomic E-state index is 13.9. The van der Waals surface area contributed by atoms with Crippen molar-refractivity contribution >= 4 is 35.3 Å². The third-order valence-electron chi connectivity index (χ3n) is 8.43. The van der Waals surface area contributed by atoms with Gasteiger partial charge in [0.15, 0.2) is 11.6 Å². The summed E-state index contributed by atoms with van der Waals surface area (Å²) in [6.45, 7) is 9.96. The quantitative estimate of drug-likeness (QED) is 0.351. The molecular weight excluding hydrogens is 538 g/mol. The first-order valence-electron chi connectivity index (χ1n) is 14.5. The van der Waals surface area contributed by atoms with Gasteiger partial charge in [-0.25, -0.2) is 4.98 Å². The highest BCUT2D eigenvalue weighted by molar-refractivity contribution is 7.13. The van der Waals surface area contributed by atoms with Crippen LogP contribution in [0.5, 0.6) is 0 Å². The van der Waals surface area contributed by atoms with E-state index in [1.165, 1.54) is 0 Å². The van der Waals surface area contributed by atoms with E-state index in [-0.39, 0.29) is 29.7 Å². The van der Waals surface area contributed by atoms with E-state index in [2.05, 4.69) is 32.5 Å². The summed E-state index contributed by atoms with van der Waals surface area (Å²) >= 11 is 1.62. The van der Waals surface area contributed by atoms with Crippen LogP contribution in [-0.2, 0) is 14.4 Å². The van der Waals surface area contributed by atoms with E-state index in [1.54, 1.807) is 16.2 Å². The zero-order valence-electron chi connectivity index (χ0n) is 24.2. The molecule has 3 atom stereocenters. The predicted molar refractivity (Wildman–Crippen MR) is 159 cm³/mol. The van der Waals surface area contributed by atoms with Gasteiger partial charge in [-0.05, 0) is 56.6 Å². The number of likely N-dealkylation sites (tertiary alicyclic amines) is 1. The van der Waals surface area contributed by atoms with E-state index in [9.17, 15) is 14.4 Å². The Bertz CT molecular complexity index is 1360. The lowest BCUT2D eigenvalue weighted by atomic mass is 9.91. The molecule has 1 aromatic carbocycles. The Morgan fingerprint density at radius 2 is 1.83 bits per heavy atom. The van der Waals surface area contributed by atoms with Crippen molar-refractivity contribution in [1.29, 1.82) is 0 Å². The second-order valence-electron chi connectivity index (χ2n) is 11.6. The fourth-order valence-corrected chi connectivity index (χ4v) is 6.76. The number of hydrogen-bond donors (Lipinski definition) is 1. The smallest absolute Gasteiger partial charge is 0.243 e. The Hall–Kier alpha value is -3.53. The number of anilines is 1. The van der Waals surface area contributed by atoms with Crippen molar-refractivity contribution in [3.05, 3.63) is 52.9 Å². The van der Waals surface area contributed by atoms with Crippen LogP contribution in [0.1, 0.15) is 75.4 Å². The zero-order chi connectivity index (χ0) is 29.1. The molecule has 2 aromatic heterocycles. The Kier molecular flexibility index (Phi) is 8.87. The molecule has 0 aliphatic carbocycles. The van der Waals surface area contributed by atoms with Gasteiger partial charge in [-0.1, -0.05) is 43.3 Å². The van der Waals surface area contributed by atoms with Gasteiger partial charge in [-0.2, -0.15) is 0 Å². The largest absolute Gasteiger partial charge is 0.358 e. The van der Waals surface area contributed by atoms with E-state index >= 15 is 0 Å². The molecule has 0 radical (unpaired) electrons. The zero-order valence-corrected chi connectivity index (χ0v) is 25.0. The average Bonchev–Trinajstić information content (AvgIpc) is 3.74. The fraction of sp³-hybridized carbons (Fsp3) is 0.516. The normalized spacial score (nSPS) is 19.4. The number of nitrogens with one attached hydrogen (secondary N) is 1. The number of benzene rings is 1. The van der Waals surface area contributed by atoms with Crippen LogP contribution in [0.2, 0.25) is 0 Å². The molecule has 2 fully saturated rings. The monoisotopic (exact) mass is 577 g/mol. The Morgan fingerprint density at radius 1 is 1.10 bits per heavy atom.